The maximum absolute atomic E-state index is 11.5. The van der Waals surface area contributed by atoms with Gasteiger partial charge in [0.25, 0.3) is 5.56 Å². The van der Waals surface area contributed by atoms with Gasteiger partial charge in [-0.25, -0.2) is 9.78 Å². The molecule has 2 aromatic heterocycles. The molecule has 9 N–H and O–H groups in total. The van der Waals surface area contributed by atoms with Gasteiger partial charge in [-0.2, -0.15) is 12.6 Å². The third-order valence-electron chi connectivity index (χ3n) is 3.57. The number of nitrogens with one attached hydrogen (secondary N) is 5. The van der Waals surface area contributed by atoms with Gasteiger partial charge in [-0.1, -0.05) is 0 Å². The van der Waals surface area contributed by atoms with Gasteiger partial charge in [0.1, 0.15) is 24.1 Å². The van der Waals surface area contributed by atoms with Crippen LogP contribution in [0.3, 0.4) is 0 Å². The summed E-state index contributed by atoms with van der Waals surface area (Å²) in [6.07, 6.45) is 1.11. The Kier molecular flexibility index (Phi) is 9.93. The second-order valence-electron chi connectivity index (χ2n) is 5.93. The molecule has 0 radical (unpaired) electrons. The number of aromatic nitrogens is 4. The molecule has 0 unspecified atom stereocenters. The van der Waals surface area contributed by atoms with Crippen molar-refractivity contribution in [1.29, 1.82) is 0 Å². The molecule has 2 amide bonds. The first-order valence-corrected chi connectivity index (χ1v) is 9.22. The van der Waals surface area contributed by atoms with E-state index in [0.29, 0.717) is 0 Å². The monoisotopic (exact) mass is 459 g/mol. The number of rotatable bonds is 9. The SMILES string of the molecule is N[C@@H](CCC(=O)N[C@@H](CS)C(=O)NCC(=O)O)C(=O)O.O=c1[nH]c(=O)c2[nH]cnc2[nH]1. The number of hydrogen-bond acceptors (Lipinski definition) is 9. The quantitative estimate of drug-likeness (QED) is 0.169. The van der Waals surface area contributed by atoms with Crippen LogP contribution >= 0.6 is 12.6 Å². The van der Waals surface area contributed by atoms with E-state index < -0.39 is 53.6 Å². The largest absolute Gasteiger partial charge is 0.480 e. The molecule has 0 aliphatic carbocycles. The van der Waals surface area contributed by atoms with Crippen molar-refractivity contribution in [2.24, 2.45) is 5.73 Å². The van der Waals surface area contributed by atoms with E-state index in [-0.39, 0.29) is 29.8 Å². The van der Waals surface area contributed by atoms with Gasteiger partial charge in [-0.05, 0) is 6.42 Å². The van der Waals surface area contributed by atoms with Crippen molar-refractivity contribution in [3.05, 3.63) is 27.2 Å². The van der Waals surface area contributed by atoms with Crippen LogP contribution < -0.4 is 27.6 Å². The highest BCUT2D eigenvalue weighted by Crippen LogP contribution is 1.97. The maximum Gasteiger partial charge on any atom is 0.327 e. The van der Waals surface area contributed by atoms with Crippen molar-refractivity contribution in [1.82, 2.24) is 30.6 Å². The van der Waals surface area contributed by atoms with E-state index in [1.807, 2.05) is 0 Å². The van der Waals surface area contributed by atoms with E-state index in [1.54, 1.807) is 0 Å². The van der Waals surface area contributed by atoms with Crippen molar-refractivity contribution in [3.8, 4) is 0 Å². The minimum absolute atomic E-state index is 0.0256. The fraction of sp³-hybridized carbons (Fsp3) is 0.400. The van der Waals surface area contributed by atoms with Crippen LogP contribution in [0.15, 0.2) is 15.9 Å². The lowest BCUT2D eigenvalue weighted by atomic mass is 10.1. The molecule has 2 atom stereocenters. The van der Waals surface area contributed by atoms with Crippen molar-refractivity contribution < 1.29 is 29.4 Å². The lowest BCUT2D eigenvalue weighted by Crippen LogP contribution is -2.49. The van der Waals surface area contributed by atoms with Gasteiger partial charge >= 0.3 is 17.6 Å². The molecule has 15 nitrogen and oxygen atoms in total. The van der Waals surface area contributed by atoms with Crippen molar-refractivity contribution in [3.63, 3.8) is 0 Å². The van der Waals surface area contributed by atoms with Gasteiger partial charge < -0.3 is 31.6 Å². The Morgan fingerprint density at radius 2 is 1.87 bits per heavy atom. The summed E-state index contributed by atoms with van der Waals surface area (Å²) in [7, 11) is 0. The Morgan fingerprint density at radius 1 is 1.19 bits per heavy atom. The van der Waals surface area contributed by atoms with Gasteiger partial charge in [-0.3, -0.25) is 33.9 Å². The van der Waals surface area contributed by atoms with Crippen molar-refractivity contribution in [2.75, 3.05) is 12.3 Å². The Labute approximate surface area is 178 Å². The first-order valence-electron chi connectivity index (χ1n) is 8.59. The van der Waals surface area contributed by atoms with E-state index in [4.69, 9.17) is 15.9 Å². The number of H-pyrrole nitrogens is 3. The second-order valence-corrected chi connectivity index (χ2v) is 6.30. The van der Waals surface area contributed by atoms with E-state index in [2.05, 4.69) is 43.2 Å². The van der Waals surface area contributed by atoms with Crippen LogP contribution in [-0.4, -0.2) is 78.3 Å². The third-order valence-corrected chi connectivity index (χ3v) is 3.94. The molecule has 0 bridgehead atoms. The summed E-state index contributed by atoms with van der Waals surface area (Å²) in [5.41, 5.74) is 4.78. The zero-order valence-corrected chi connectivity index (χ0v) is 16.8. The summed E-state index contributed by atoms with van der Waals surface area (Å²) >= 11 is 3.87. The van der Waals surface area contributed by atoms with Crippen LogP contribution in [0.25, 0.3) is 11.2 Å². The number of thiol groups is 1. The molecule has 16 heteroatoms. The molecule has 2 rings (SSSR count). The van der Waals surface area contributed by atoms with Crippen LogP contribution in [0, 0.1) is 0 Å². The van der Waals surface area contributed by atoms with Gasteiger partial charge in [0.15, 0.2) is 5.65 Å². The number of amides is 2. The molecule has 2 aromatic rings. The van der Waals surface area contributed by atoms with Gasteiger partial charge in [0, 0.05) is 12.2 Å². The molecule has 0 saturated carbocycles. The zero-order chi connectivity index (χ0) is 23.6. The van der Waals surface area contributed by atoms with E-state index >= 15 is 0 Å². The molecule has 0 aliphatic heterocycles. The molecule has 0 fully saturated rings. The number of aromatic amines is 3. The molecular formula is C15H21N7O8S. The molecule has 2 heterocycles. The average molecular weight is 459 g/mol. The summed E-state index contributed by atoms with van der Waals surface area (Å²) in [4.78, 5) is 76.0. The number of hydrogen-bond donors (Lipinski definition) is 9. The number of carboxylic acids is 2. The smallest absolute Gasteiger partial charge is 0.327 e. The predicted molar refractivity (Wildman–Crippen MR) is 109 cm³/mol. The van der Waals surface area contributed by atoms with Crippen LogP contribution in [0.2, 0.25) is 0 Å². The number of fused-ring (bicyclic) bond motifs is 1. The minimum atomic E-state index is -1.22. The summed E-state index contributed by atoms with van der Waals surface area (Å²) in [5.74, 6) is -3.70. The highest BCUT2D eigenvalue weighted by Gasteiger charge is 2.20. The maximum atomic E-state index is 11.5. The molecule has 0 spiro atoms. The van der Waals surface area contributed by atoms with Crippen LogP contribution in [0.1, 0.15) is 12.8 Å². The predicted octanol–water partition coefficient (Wildman–Crippen LogP) is -3.27. The van der Waals surface area contributed by atoms with E-state index in [0.717, 1.165) is 0 Å². The number of carbonyl (C=O) groups excluding carboxylic acids is 2. The summed E-state index contributed by atoms with van der Waals surface area (Å²) in [6, 6.07) is -2.15. The number of nitrogens with two attached hydrogens (primary N) is 1. The number of carboxylic acid groups (broad SMARTS) is 2. The second kappa shape index (κ2) is 12.1. The van der Waals surface area contributed by atoms with E-state index in [9.17, 15) is 28.8 Å². The lowest BCUT2D eigenvalue weighted by Gasteiger charge is -2.16. The lowest BCUT2D eigenvalue weighted by molar-refractivity contribution is -0.139. The first-order chi connectivity index (χ1) is 14.5. The highest BCUT2D eigenvalue weighted by molar-refractivity contribution is 7.80. The highest BCUT2D eigenvalue weighted by atomic mass is 32.1. The van der Waals surface area contributed by atoms with E-state index in [1.165, 1.54) is 6.33 Å². The fourth-order valence-electron chi connectivity index (χ4n) is 2.02. The Morgan fingerprint density at radius 3 is 2.45 bits per heavy atom. The first kappa shape index (κ1) is 25.4. The van der Waals surface area contributed by atoms with Crippen LogP contribution in [0.4, 0.5) is 0 Å². The van der Waals surface area contributed by atoms with Gasteiger partial charge in [0.2, 0.25) is 11.8 Å². The molecular weight excluding hydrogens is 438 g/mol. The van der Waals surface area contributed by atoms with Crippen LogP contribution in [-0.2, 0) is 19.2 Å². The normalized spacial score (nSPS) is 12.2. The molecule has 0 aromatic carbocycles. The summed E-state index contributed by atoms with van der Waals surface area (Å²) in [5, 5.41) is 21.4. The summed E-state index contributed by atoms with van der Waals surface area (Å²) in [6.45, 7) is -0.567. The number of aliphatic carboxylic acids is 2. The topological polar surface area (TPSA) is 253 Å². The molecule has 31 heavy (non-hydrogen) atoms. The zero-order valence-electron chi connectivity index (χ0n) is 15.9. The number of imidazole rings is 1. The van der Waals surface area contributed by atoms with Crippen molar-refractivity contribution >= 4 is 47.5 Å². The van der Waals surface area contributed by atoms with Crippen LogP contribution in [0.5, 0.6) is 0 Å². The third kappa shape index (κ3) is 8.70. The molecule has 0 aliphatic rings. The Hall–Kier alpha value is -3.66. The number of nitrogens with zero attached hydrogens (tertiary/aromatic N) is 1. The van der Waals surface area contributed by atoms with Gasteiger partial charge in [0.05, 0.1) is 6.33 Å². The van der Waals surface area contributed by atoms with Gasteiger partial charge in [-0.15, -0.1) is 0 Å². The Bertz CT molecular complexity index is 1050. The number of carbonyl (C=O) groups is 4. The summed E-state index contributed by atoms with van der Waals surface area (Å²) < 4.78 is 0. The molecule has 0 saturated heterocycles. The Balaban J connectivity index is 0.000000361. The average Bonchev–Trinajstić information content (AvgIpc) is 3.17. The minimum Gasteiger partial charge on any atom is -0.480 e. The standard InChI is InChI=1S/C10H17N3O6S.C5H4N4O2/c11-5(10(18)19)1-2-7(14)13-6(4-20)9(17)12-3-8(15)16;10-4-2-3(7-1-6-2)8-5(11)9-4/h5-6,20H,1-4,11H2,(H,12,17)(H,13,14)(H,15,16)(H,18,19);1H,(H3,6,7,8,9,10,11)/t5-,6-;/m0./s1. The fourth-order valence-corrected chi connectivity index (χ4v) is 2.28. The van der Waals surface area contributed by atoms with Crippen molar-refractivity contribution in [2.45, 2.75) is 24.9 Å². The molecule has 170 valence electrons.